The fourth-order valence-electron chi connectivity index (χ4n) is 5.45. The highest BCUT2D eigenvalue weighted by molar-refractivity contribution is 5.79. The van der Waals surface area contributed by atoms with Gasteiger partial charge in [0, 0.05) is 40.8 Å². The molecule has 0 saturated carbocycles. The highest BCUT2D eigenvalue weighted by atomic mass is 16.3. The van der Waals surface area contributed by atoms with Crippen molar-refractivity contribution in [3.8, 4) is 28.3 Å². The van der Waals surface area contributed by atoms with Crippen LogP contribution in [0.5, 0.6) is 5.75 Å². The highest BCUT2D eigenvalue weighted by Crippen LogP contribution is 2.37. The first-order chi connectivity index (χ1) is 16.7. The number of hydrogen-bond acceptors (Lipinski definition) is 8. The zero-order valence-electron chi connectivity index (χ0n) is 20.1. The van der Waals surface area contributed by atoms with Crippen molar-refractivity contribution in [1.82, 2.24) is 44.9 Å². The lowest BCUT2D eigenvalue weighted by molar-refractivity contribution is 0.127. The molecule has 5 aromatic rings. The zero-order chi connectivity index (χ0) is 24.4. The van der Waals surface area contributed by atoms with E-state index >= 15 is 0 Å². The van der Waals surface area contributed by atoms with Gasteiger partial charge in [-0.25, -0.2) is 9.67 Å². The second-order valence-electron chi connectivity index (χ2n) is 10.6. The molecule has 0 atom stereocenters. The van der Waals surface area contributed by atoms with Gasteiger partial charge in [-0.15, -0.1) is 15.3 Å². The smallest absolute Gasteiger partial charge is 0.201 e. The number of aromatic hydroxyl groups is 1. The summed E-state index contributed by atoms with van der Waals surface area (Å²) in [4.78, 5) is 8.67. The quantitative estimate of drug-likeness (QED) is 0.410. The third kappa shape index (κ3) is 3.89. The molecule has 0 bridgehead atoms. The summed E-state index contributed by atoms with van der Waals surface area (Å²) >= 11 is 0. The summed E-state index contributed by atoms with van der Waals surface area (Å²) in [5.41, 5.74) is 4.66. The molecular formula is C25H27N9O. The number of fused-ring (bicyclic) bond motifs is 2. The van der Waals surface area contributed by atoms with Gasteiger partial charge in [-0.3, -0.25) is 4.98 Å². The van der Waals surface area contributed by atoms with E-state index in [2.05, 4.69) is 63.5 Å². The average Bonchev–Trinajstić information content (AvgIpc) is 3.43. The van der Waals surface area contributed by atoms with Gasteiger partial charge in [0.05, 0.1) is 23.6 Å². The van der Waals surface area contributed by atoms with E-state index in [1.807, 2.05) is 39.7 Å². The van der Waals surface area contributed by atoms with Crippen molar-refractivity contribution in [1.29, 1.82) is 0 Å². The number of nitrogens with zero attached hydrogens (tertiary/aromatic N) is 8. The minimum atomic E-state index is -0.0250. The van der Waals surface area contributed by atoms with E-state index in [-0.39, 0.29) is 22.9 Å². The number of piperidine rings is 1. The molecule has 1 aromatic carbocycles. The largest absolute Gasteiger partial charge is 0.507 e. The predicted octanol–water partition coefficient (Wildman–Crippen LogP) is 3.79. The van der Waals surface area contributed by atoms with Gasteiger partial charge in [-0.05, 0) is 58.7 Å². The van der Waals surface area contributed by atoms with Crippen LogP contribution in [0.2, 0.25) is 0 Å². The summed E-state index contributed by atoms with van der Waals surface area (Å²) in [7, 11) is 0. The molecule has 1 saturated heterocycles. The Hall–Kier alpha value is -3.92. The summed E-state index contributed by atoms with van der Waals surface area (Å²) < 4.78 is 3.79. The van der Waals surface area contributed by atoms with Gasteiger partial charge in [0.2, 0.25) is 5.65 Å². The summed E-state index contributed by atoms with van der Waals surface area (Å²) in [5.74, 6) is 0.0953. The highest BCUT2D eigenvalue weighted by Gasteiger charge is 2.39. The average molecular weight is 470 g/mol. The third-order valence-corrected chi connectivity index (χ3v) is 6.58. The standard InChI is InChI=1S/C25H27N9O/c1-24(2)11-16(12-25(3,4)31-24)34-23-19(29-32-34)10-18(28-30-23)17-6-5-15(9-21(17)35)20-14-33-8-7-26-22(33)13-27-20/h5-10,13-14,16,31,35H,11-12H2,1-4H3. The first kappa shape index (κ1) is 21.6. The normalized spacial score (nSPS) is 17.8. The van der Waals surface area contributed by atoms with E-state index in [0.717, 1.165) is 29.7 Å². The van der Waals surface area contributed by atoms with E-state index in [9.17, 15) is 5.11 Å². The minimum absolute atomic E-state index is 0.0250. The number of hydrogen-bond donors (Lipinski definition) is 2. The number of imidazole rings is 1. The molecule has 0 spiro atoms. The van der Waals surface area contributed by atoms with Gasteiger partial charge < -0.3 is 14.8 Å². The molecule has 10 heteroatoms. The van der Waals surface area contributed by atoms with Gasteiger partial charge >= 0.3 is 0 Å². The van der Waals surface area contributed by atoms with Crippen molar-refractivity contribution >= 4 is 16.8 Å². The second kappa shape index (κ2) is 7.54. The molecule has 4 aromatic heterocycles. The monoisotopic (exact) mass is 469 g/mol. The van der Waals surface area contributed by atoms with Crippen molar-refractivity contribution in [3.05, 3.63) is 49.1 Å². The Balaban J connectivity index is 1.32. The molecule has 35 heavy (non-hydrogen) atoms. The molecule has 5 heterocycles. The van der Waals surface area contributed by atoms with E-state index in [1.165, 1.54) is 0 Å². The topological polar surface area (TPSA) is 119 Å². The van der Waals surface area contributed by atoms with E-state index in [0.29, 0.717) is 22.4 Å². The van der Waals surface area contributed by atoms with Gasteiger partial charge in [-0.2, -0.15) is 0 Å². The molecule has 10 nitrogen and oxygen atoms in total. The van der Waals surface area contributed by atoms with Crippen LogP contribution in [-0.2, 0) is 0 Å². The van der Waals surface area contributed by atoms with Crippen LogP contribution in [0.25, 0.3) is 39.3 Å². The van der Waals surface area contributed by atoms with Crippen molar-refractivity contribution in [3.63, 3.8) is 0 Å². The van der Waals surface area contributed by atoms with Crippen molar-refractivity contribution in [2.45, 2.75) is 57.7 Å². The molecule has 0 unspecified atom stereocenters. The number of phenols is 1. The molecule has 2 N–H and O–H groups in total. The maximum Gasteiger partial charge on any atom is 0.201 e. The van der Waals surface area contributed by atoms with Crippen LogP contribution in [-0.4, -0.2) is 55.7 Å². The lowest BCUT2D eigenvalue weighted by Crippen LogP contribution is -2.58. The van der Waals surface area contributed by atoms with Crippen molar-refractivity contribution in [2.24, 2.45) is 0 Å². The molecule has 0 radical (unpaired) electrons. The Morgan fingerprint density at radius 1 is 0.971 bits per heavy atom. The lowest BCUT2D eigenvalue weighted by Gasteiger charge is -2.46. The first-order valence-electron chi connectivity index (χ1n) is 11.7. The molecule has 0 amide bonds. The first-order valence-corrected chi connectivity index (χ1v) is 11.7. The number of benzene rings is 1. The third-order valence-electron chi connectivity index (χ3n) is 6.58. The SMILES string of the molecule is CC1(C)CC(n2nnc3cc(-c4ccc(-c5cn6ccnc6cn5)cc4O)nnc32)CC(C)(C)N1. The zero-order valence-corrected chi connectivity index (χ0v) is 20.1. The number of rotatable bonds is 3. The molecular weight excluding hydrogens is 442 g/mol. The van der Waals surface area contributed by atoms with Crippen LogP contribution >= 0.6 is 0 Å². The van der Waals surface area contributed by atoms with Crippen LogP contribution in [0, 0.1) is 0 Å². The van der Waals surface area contributed by atoms with Gasteiger partial charge in [-0.1, -0.05) is 11.3 Å². The predicted molar refractivity (Wildman–Crippen MR) is 132 cm³/mol. The van der Waals surface area contributed by atoms with Crippen LogP contribution in [0.3, 0.4) is 0 Å². The molecule has 1 aliphatic heterocycles. The summed E-state index contributed by atoms with van der Waals surface area (Å²) in [6, 6.07) is 7.40. The van der Waals surface area contributed by atoms with Gasteiger partial charge in [0.1, 0.15) is 11.3 Å². The van der Waals surface area contributed by atoms with Gasteiger partial charge in [0.15, 0.2) is 5.65 Å². The molecule has 1 aliphatic rings. The molecule has 1 fully saturated rings. The van der Waals surface area contributed by atoms with E-state index < -0.39 is 0 Å². The van der Waals surface area contributed by atoms with E-state index in [1.54, 1.807) is 18.5 Å². The number of phenolic OH excluding ortho intramolecular Hbond substituents is 1. The van der Waals surface area contributed by atoms with Crippen LogP contribution in [0.15, 0.2) is 49.1 Å². The van der Waals surface area contributed by atoms with Crippen molar-refractivity contribution < 1.29 is 5.11 Å². The number of aromatic nitrogens is 8. The summed E-state index contributed by atoms with van der Waals surface area (Å²) in [5, 5.41) is 32.2. The second-order valence-corrected chi connectivity index (χ2v) is 10.6. The fraction of sp³-hybridized carbons (Fsp3) is 0.360. The van der Waals surface area contributed by atoms with E-state index in [4.69, 9.17) is 0 Å². The lowest BCUT2D eigenvalue weighted by atomic mass is 9.80. The maximum absolute atomic E-state index is 10.8. The molecule has 178 valence electrons. The summed E-state index contributed by atoms with van der Waals surface area (Å²) in [6.45, 7) is 8.83. The fourth-order valence-corrected chi connectivity index (χ4v) is 5.45. The van der Waals surface area contributed by atoms with Gasteiger partial charge in [0.25, 0.3) is 0 Å². The van der Waals surface area contributed by atoms with Crippen LogP contribution in [0.1, 0.15) is 46.6 Å². The Kier molecular flexibility index (Phi) is 4.65. The van der Waals surface area contributed by atoms with Crippen molar-refractivity contribution in [2.75, 3.05) is 0 Å². The Bertz CT molecular complexity index is 1550. The number of nitrogens with one attached hydrogen (secondary N) is 1. The van der Waals surface area contributed by atoms with Crippen LogP contribution < -0.4 is 5.32 Å². The molecule has 6 rings (SSSR count). The summed E-state index contributed by atoms with van der Waals surface area (Å²) in [6.07, 6.45) is 8.99. The maximum atomic E-state index is 10.8. The minimum Gasteiger partial charge on any atom is -0.507 e. The van der Waals surface area contributed by atoms with Crippen LogP contribution in [0.4, 0.5) is 0 Å². The molecule has 0 aliphatic carbocycles. The Morgan fingerprint density at radius 2 is 1.77 bits per heavy atom. The Labute approximate surface area is 202 Å². The Morgan fingerprint density at radius 3 is 2.54 bits per heavy atom.